The van der Waals surface area contributed by atoms with E-state index >= 15 is 0 Å². The van der Waals surface area contributed by atoms with Crippen molar-refractivity contribution < 1.29 is 14.5 Å². The summed E-state index contributed by atoms with van der Waals surface area (Å²) in [6.07, 6.45) is 6.18. The van der Waals surface area contributed by atoms with Gasteiger partial charge in [-0.2, -0.15) is 0 Å². The van der Waals surface area contributed by atoms with E-state index in [4.69, 9.17) is 0 Å². The van der Waals surface area contributed by atoms with Gasteiger partial charge < -0.3 is 10.2 Å². The fourth-order valence-electron chi connectivity index (χ4n) is 4.00. The van der Waals surface area contributed by atoms with Crippen LogP contribution < -0.4 is 5.32 Å². The molecule has 2 heterocycles. The Bertz CT molecular complexity index is 757. The quantitative estimate of drug-likeness (QED) is 0.529. The number of nitrogens with zero attached hydrogens (tertiary/aromatic N) is 3. The predicted octanol–water partition coefficient (Wildman–Crippen LogP) is 3.41. The summed E-state index contributed by atoms with van der Waals surface area (Å²) in [5.74, 6) is 0.180. The van der Waals surface area contributed by atoms with Crippen LogP contribution >= 0.6 is 15.9 Å². The number of nitro groups is 1. The van der Waals surface area contributed by atoms with Crippen molar-refractivity contribution in [2.45, 2.75) is 38.5 Å². The van der Waals surface area contributed by atoms with Crippen molar-refractivity contribution in [3.05, 3.63) is 32.8 Å². The second-order valence-electron chi connectivity index (χ2n) is 7.76. The van der Waals surface area contributed by atoms with E-state index in [-0.39, 0.29) is 30.0 Å². The minimum Gasteiger partial charge on any atom is -0.342 e. The maximum atomic E-state index is 12.8. The number of non-ortho nitro benzene ring substituents is 1. The van der Waals surface area contributed by atoms with E-state index in [0.717, 1.165) is 51.9 Å². The fraction of sp³-hybridized carbons (Fsp3) is 0.600. The molecule has 3 rings (SSSR count). The summed E-state index contributed by atoms with van der Waals surface area (Å²) in [6.45, 7) is 3.45. The maximum absolute atomic E-state index is 12.8. The van der Waals surface area contributed by atoms with Crippen LogP contribution in [-0.2, 0) is 9.59 Å². The number of nitro benzene ring substituents is 1. The third-order valence-electron chi connectivity index (χ3n) is 5.66. The number of anilines is 1. The number of halogens is 1. The van der Waals surface area contributed by atoms with Gasteiger partial charge in [-0.05, 0) is 60.8 Å². The molecule has 1 aromatic carbocycles. The highest BCUT2D eigenvalue weighted by Crippen LogP contribution is 2.27. The number of piperidine rings is 1. The molecule has 0 spiro atoms. The highest BCUT2D eigenvalue weighted by atomic mass is 79.9. The zero-order valence-corrected chi connectivity index (χ0v) is 18.0. The lowest BCUT2D eigenvalue weighted by Crippen LogP contribution is -2.44. The van der Waals surface area contributed by atoms with Crippen LogP contribution in [0.15, 0.2) is 22.7 Å². The summed E-state index contributed by atoms with van der Waals surface area (Å²) in [5.41, 5.74) is 0.470. The number of rotatable bonds is 5. The Labute approximate surface area is 178 Å². The van der Waals surface area contributed by atoms with Gasteiger partial charge >= 0.3 is 0 Å². The topological polar surface area (TPSA) is 95.8 Å². The van der Waals surface area contributed by atoms with E-state index in [1.165, 1.54) is 31.0 Å². The molecule has 0 saturated carbocycles. The molecule has 1 N–H and O–H groups in total. The lowest BCUT2D eigenvalue weighted by atomic mass is 9.95. The third kappa shape index (κ3) is 5.99. The molecular weight excluding hydrogens is 440 g/mol. The maximum Gasteiger partial charge on any atom is 0.270 e. The van der Waals surface area contributed by atoms with Crippen molar-refractivity contribution in [2.75, 3.05) is 38.0 Å². The smallest absolute Gasteiger partial charge is 0.270 e. The molecule has 2 saturated heterocycles. The van der Waals surface area contributed by atoms with Crippen LogP contribution in [0.4, 0.5) is 11.4 Å². The summed E-state index contributed by atoms with van der Waals surface area (Å²) < 4.78 is 0.474. The average Bonchev–Trinajstić information content (AvgIpc) is 2.99. The summed E-state index contributed by atoms with van der Waals surface area (Å²) >= 11 is 3.26. The predicted molar refractivity (Wildman–Crippen MR) is 114 cm³/mol. The molecule has 8 nitrogen and oxygen atoms in total. The van der Waals surface area contributed by atoms with E-state index in [1.54, 1.807) is 0 Å². The van der Waals surface area contributed by atoms with Crippen LogP contribution in [0.3, 0.4) is 0 Å². The standard InChI is InChI=1S/C20H27BrN4O4/c21-17-13-16(25(28)29)5-6-18(17)22-19(26)14-23-11-7-15(8-12-23)20(27)24-9-3-1-2-4-10-24/h5-6,13,15H,1-4,7-12,14H2,(H,22,26). The number of hydrogen-bond donors (Lipinski definition) is 1. The first-order valence-corrected chi connectivity index (χ1v) is 11.0. The van der Waals surface area contributed by atoms with Crippen molar-refractivity contribution in [3.63, 3.8) is 0 Å². The molecule has 158 valence electrons. The summed E-state index contributed by atoms with van der Waals surface area (Å²) in [6, 6.07) is 4.25. The number of carbonyl (C=O) groups excluding carboxylic acids is 2. The van der Waals surface area contributed by atoms with E-state index < -0.39 is 4.92 Å². The SMILES string of the molecule is O=C(CN1CCC(C(=O)N2CCCCCC2)CC1)Nc1ccc([N+](=O)[O-])cc1Br. The molecule has 0 bridgehead atoms. The molecule has 2 fully saturated rings. The van der Waals surface area contributed by atoms with Gasteiger partial charge in [-0.1, -0.05) is 12.8 Å². The highest BCUT2D eigenvalue weighted by Gasteiger charge is 2.29. The van der Waals surface area contributed by atoms with Crippen molar-refractivity contribution in [3.8, 4) is 0 Å². The van der Waals surface area contributed by atoms with Gasteiger partial charge in [0.25, 0.3) is 5.69 Å². The minimum absolute atomic E-state index is 0.0361. The van der Waals surface area contributed by atoms with Crippen molar-refractivity contribution in [1.82, 2.24) is 9.80 Å². The summed E-state index contributed by atoms with van der Waals surface area (Å²) in [4.78, 5) is 39.6. The molecule has 0 aromatic heterocycles. The number of nitrogens with one attached hydrogen (secondary N) is 1. The van der Waals surface area contributed by atoms with Gasteiger partial charge in [0.1, 0.15) is 0 Å². The number of benzene rings is 1. The Kier molecular flexibility index (Phi) is 7.60. The second kappa shape index (κ2) is 10.2. The first kappa shape index (κ1) is 21.7. The normalized spacial score (nSPS) is 18.9. The number of likely N-dealkylation sites (tertiary alicyclic amines) is 2. The van der Waals surface area contributed by atoms with Crippen LogP contribution in [0.2, 0.25) is 0 Å². The van der Waals surface area contributed by atoms with Crippen LogP contribution in [0.5, 0.6) is 0 Å². The van der Waals surface area contributed by atoms with Gasteiger partial charge in [0.15, 0.2) is 0 Å². The second-order valence-corrected chi connectivity index (χ2v) is 8.61. The Hall–Kier alpha value is -2.00. The van der Waals surface area contributed by atoms with Crippen LogP contribution in [0, 0.1) is 16.0 Å². The summed E-state index contributed by atoms with van der Waals surface area (Å²) in [7, 11) is 0. The molecule has 29 heavy (non-hydrogen) atoms. The first-order valence-electron chi connectivity index (χ1n) is 10.2. The molecule has 0 atom stereocenters. The Morgan fingerprint density at radius 3 is 2.34 bits per heavy atom. The van der Waals surface area contributed by atoms with Crippen LogP contribution in [0.25, 0.3) is 0 Å². The van der Waals surface area contributed by atoms with E-state index in [9.17, 15) is 19.7 Å². The van der Waals surface area contributed by atoms with Gasteiger partial charge in [0.2, 0.25) is 11.8 Å². The molecule has 9 heteroatoms. The van der Waals surface area contributed by atoms with E-state index in [1.807, 2.05) is 4.90 Å². The summed E-state index contributed by atoms with van der Waals surface area (Å²) in [5, 5.41) is 13.6. The van der Waals surface area contributed by atoms with Gasteiger partial charge in [-0.25, -0.2) is 0 Å². The molecular formula is C20H27BrN4O4. The third-order valence-corrected chi connectivity index (χ3v) is 6.32. The van der Waals surface area contributed by atoms with Crippen molar-refractivity contribution >= 4 is 39.1 Å². The number of amides is 2. The van der Waals surface area contributed by atoms with E-state index in [2.05, 4.69) is 26.1 Å². The molecule has 0 radical (unpaired) electrons. The van der Waals surface area contributed by atoms with Crippen molar-refractivity contribution in [2.24, 2.45) is 5.92 Å². The van der Waals surface area contributed by atoms with Gasteiger partial charge in [0, 0.05) is 35.6 Å². The Balaban J connectivity index is 1.46. The number of hydrogen-bond acceptors (Lipinski definition) is 5. The molecule has 2 aliphatic rings. The first-order chi connectivity index (χ1) is 13.9. The monoisotopic (exact) mass is 466 g/mol. The van der Waals surface area contributed by atoms with Crippen molar-refractivity contribution in [1.29, 1.82) is 0 Å². The van der Waals surface area contributed by atoms with Gasteiger partial charge in [0.05, 0.1) is 17.2 Å². The minimum atomic E-state index is -0.479. The van der Waals surface area contributed by atoms with Gasteiger partial charge in [-0.15, -0.1) is 0 Å². The largest absolute Gasteiger partial charge is 0.342 e. The molecule has 1 aromatic rings. The zero-order valence-electron chi connectivity index (χ0n) is 16.4. The van der Waals surface area contributed by atoms with Gasteiger partial charge in [-0.3, -0.25) is 24.6 Å². The molecule has 2 amide bonds. The Morgan fingerprint density at radius 1 is 1.10 bits per heavy atom. The van der Waals surface area contributed by atoms with Crippen LogP contribution in [-0.4, -0.2) is 59.3 Å². The molecule has 2 aliphatic heterocycles. The Morgan fingerprint density at radius 2 is 1.76 bits per heavy atom. The average molecular weight is 467 g/mol. The number of carbonyl (C=O) groups is 2. The molecule has 0 aliphatic carbocycles. The fourth-order valence-corrected chi connectivity index (χ4v) is 4.46. The molecule has 0 unspecified atom stereocenters. The van der Waals surface area contributed by atoms with E-state index in [0.29, 0.717) is 10.2 Å². The lowest BCUT2D eigenvalue weighted by Gasteiger charge is -2.33. The van der Waals surface area contributed by atoms with Crippen LogP contribution in [0.1, 0.15) is 38.5 Å². The lowest BCUT2D eigenvalue weighted by molar-refractivity contribution is -0.384. The highest BCUT2D eigenvalue weighted by molar-refractivity contribution is 9.10. The zero-order chi connectivity index (χ0) is 20.8.